The molecule has 0 fully saturated rings. The van der Waals surface area contributed by atoms with Gasteiger partial charge in [0.05, 0.1) is 24.6 Å². The van der Waals surface area contributed by atoms with Crippen LogP contribution >= 0.6 is 0 Å². The SMILES string of the molecule is COC(=O)CCc1cccc([C@@](C)(O)c2cnc(-c3cc(Oc4c(F)cc5[nH]ccc5c4C)ccc3F)[nH]2)c1. The van der Waals surface area contributed by atoms with Gasteiger partial charge in [-0.15, -0.1) is 0 Å². The van der Waals surface area contributed by atoms with Gasteiger partial charge in [0.1, 0.15) is 23.0 Å². The third-order valence-corrected chi connectivity index (χ3v) is 6.86. The van der Waals surface area contributed by atoms with Crippen LogP contribution < -0.4 is 4.74 Å². The Labute approximate surface area is 223 Å². The number of nitrogens with zero attached hydrogens (tertiary/aromatic N) is 1. The van der Waals surface area contributed by atoms with Crippen molar-refractivity contribution >= 4 is 16.9 Å². The fourth-order valence-electron chi connectivity index (χ4n) is 4.55. The first-order valence-electron chi connectivity index (χ1n) is 12.4. The fourth-order valence-corrected chi connectivity index (χ4v) is 4.55. The number of hydrogen-bond acceptors (Lipinski definition) is 5. The van der Waals surface area contributed by atoms with Crippen LogP contribution in [0.4, 0.5) is 8.78 Å². The first-order chi connectivity index (χ1) is 18.7. The first-order valence-corrected chi connectivity index (χ1v) is 12.4. The number of carbonyl (C=O) groups is 1. The molecule has 2 heterocycles. The summed E-state index contributed by atoms with van der Waals surface area (Å²) in [6.07, 6.45) is 3.84. The lowest BCUT2D eigenvalue weighted by Gasteiger charge is -2.23. The summed E-state index contributed by atoms with van der Waals surface area (Å²) < 4.78 is 40.2. The van der Waals surface area contributed by atoms with Crippen LogP contribution in [0.5, 0.6) is 11.5 Å². The minimum absolute atomic E-state index is 0.0507. The average Bonchev–Trinajstić information content (AvgIpc) is 3.61. The van der Waals surface area contributed by atoms with E-state index >= 15 is 0 Å². The molecule has 200 valence electrons. The number of methoxy groups -OCH3 is 1. The quantitative estimate of drug-likeness (QED) is 0.204. The van der Waals surface area contributed by atoms with Gasteiger partial charge in [-0.1, -0.05) is 24.3 Å². The van der Waals surface area contributed by atoms with E-state index in [1.54, 1.807) is 38.2 Å². The van der Waals surface area contributed by atoms with Gasteiger partial charge in [-0.3, -0.25) is 4.79 Å². The minimum Gasteiger partial charge on any atom is -0.469 e. The van der Waals surface area contributed by atoms with Crippen LogP contribution in [0.3, 0.4) is 0 Å². The van der Waals surface area contributed by atoms with E-state index in [2.05, 4.69) is 15.0 Å². The van der Waals surface area contributed by atoms with Crippen LogP contribution in [0, 0.1) is 18.6 Å². The molecule has 0 spiro atoms. The van der Waals surface area contributed by atoms with Crippen molar-refractivity contribution in [1.82, 2.24) is 15.0 Å². The number of esters is 1. The highest BCUT2D eigenvalue weighted by Crippen LogP contribution is 2.36. The molecule has 7 nitrogen and oxygen atoms in total. The number of aryl methyl sites for hydroxylation is 2. The van der Waals surface area contributed by atoms with Crippen molar-refractivity contribution in [3.05, 3.63) is 101 Å². The highest BCUT2D eigenvalue weighted by molar-refractivity contribution is 5.85. The first kappa shape index (κ1) is 26.1. The number of nitrogens with one attached hydrogen (secondary N) is 2. The molecule has 3 N–H and O–H groups in total. The molecule has 0 aliphatic rings. The maximum atomic E-state index is 14.9. The summed E-state index contributed by atoms with van der Waals surface area (Å²) >= 11 is 0. The second-order valence-corrected chi connectivity index (χ2v) is 9.49. The molecule has 5 rings (SSSR count). The zero-order valence-electron chi connectivity index (χ0n) is 21.6. The summed E-state index contributed by atoms with van der Waals surface area (Å²) in [5.41, 5.74) is 1.65. The molecule has 3 aromatic carbocycles. The Morgan fingerprint density at radius 1 is 1.10 bits per heavy atom. The minimum atomic E-state index is -1.48. The van der Waals surface area contributed by atoms with Crippen molar-refractivity contribution in [2.75, 3.05) is 7.11 Å². The fraction of sp³-hybridized carbons (Fsp3) is 0.200. The Hall–Kier alpha value is -4.50. The number of fused-ring (bicyclic) bond motifs is 1. The molecule has 0 bridgehead atoms. The third kappa shape index (κ3) is 5.13. The molecule has 0 unspecified atom stereocenters. The predicted octanol–water partition coefficient (Wildman–Crippen LogP) is 6.30. The van der Waals surface area contributed by atoms with E-state index in [1.807, 2.05) is 12.1 Å². The van der Waals surface area contributed by atoms with E-state index in [9.17, 15) is 18.7 Å². The Balaban J connectivity index is 1.42. The zero-order valence-corrected chi connectivity index (χ0v) is 21.6. The highest BCUT2D eigenvalue weighted by atomic mass is 19.1. The summed E-state index contributed by atoms with van der Waals surface area (Å²) in [6, 6.07) is 14.5. The van der Waals surface area contributed by atoms with Crippen LogP contribution in [-0.2, 0) is 21.6 Å². The third-order valence-electron chi connectivity index (χ3n) is 6.86. The molecule has 2 aromatic heterocycles. The van der Waals surface area contributed by atoms with Crippen LogP contribution in [0.1, 0.15) is 35.7 Å². The molecule has 0 saturated heterocycles. The van der Waals surface area contributed by atoms with Gasteiger partial charge in [0.25, 0.3) is 0 Å². The Kier molecular flexibility index (Phi) is 6.93. The molecule has 1 atom stereocenters. The maximum absolute atomic E-state index is 14.9. The molecular formula is C30H27F2N3O4. The lowest BCUT2D eigenvalue weighted by Crippen LogP contribution is -2.23. The standard InChI is InChI=1S/C30H27F2N3O4/c1-17-21-11-12-33-25(21)15-24(32)28(17)39-20-8-9-23(31)22(14-20)29-34-16-26(35-29)30(2,37)19-6-4-5-18(13-19)7-10-27(36)38-3/h4-6,8-9,11-16,33,37H,7,10H2,1-3H3,(H,34,35)/t30-/m1/s1. The zero-order chi connectivity index (χ0) is 27.7. The van der Waals surface area contributed by atoms with Crippen molar-refractivity contribution < 1.29 is 28.2 Å². The van der Waals surface area contributed by atoms with E-state index in [0.717, 1.165) is 10.9 Å². The summed E-state index contributed by atoms with van der Waals surface area (Å²) in [5.74, 6) is -0.972. The van der Waals surface area contributed by atoms with Crippen LogP contribution in [0.2, 0.25) is 0 Å². The summed E-state index contributed by atoms with van der Waals surface area (Å²) in [4.78, 5) is 21.8. The summed E-state index contributed by atoms with van der Waals surface area (Å²) in [7, 11) is 1.34. The lowest BCUT2D eigenvalue weighted by atomic mass is 9.91. The number of ether oxygens (including phenoxy) is 2. The van der Waals surface area contributed by atoms with Gasteiger partial charge in [0.2, 0.25) is 0 Å². The van der Waals surface area contributed by atoms with Gasteiger partial charge < -0.3 is 24.5 Å². The molecule has 0 aliphatic carbocycles. The van der Waals surface area contributed by atoms with E-state index in [4.69, 9.17) is 9.47 Å². The Morgan fingerprint density at radius 3 is 2.72 bits per heavy atom. The number of aliphatic hydroxyl groups is 1. The number of aromatic nitrogens is 3. The van der Waals surface area contributed by atoms with Gasteiger partial charge in [-0.05, 0) is 55.7 Å². The summed E-state index contributed by atoms with van der Waals surface area (Å²) in [6.45, 7) is 3.35. The number of halogens is 2. The van der Waals surface area contributed by atoms with Crippen LogP contribution in [-0.4, -0.2) is 33.1 Å². The molecule has 0 aliphatic heterocycles. The van der Waals surface area contributed by atoms with Crippen molar-refractivity contribution in [3.8, 4) is 22.9 Å². The Bertz CT molecular complexity index is 1670. The van der Waals surface area contributed by atoms with Crippen LogP contribution in [0.15, 0.2) is 67.0 Å². The van der Waals surface area contributed by atoms with Gasteiger partial charge in [-0.25, -0.2) is 13.8 Å². The number of H-pyrrole nitrogens is 2. The predicted molar refractivity (Wildman–Crippen MR) is 143 cm³/mol. The van der Waals surface area contributed by atoms with Crippen LogP contribution in [0.25, 0.3) is 22.3 Å². The van der Waals surface area contributed by atoms with E-state index in [-0.39, 0.29) is 35.3 Å². The average molecular weight is 532 g/mol. The largest absolute Gasteiger partial charge is 0.469 e. The number of hydrogen-bond donors (Lipinski definition) is 3. The topological polar surface area (TPSA) is 100 Å². The lowest BCUT2D eigenvalue weighted by molar-refractivity contribution is -0.140. The second-order valence-electron chi connectivity index (χ2n) is 9.49. The van der Waals surface area contributed by atoms with Crippen molar-refractivity contribution in [3.63, 3.8) is 0 Å². The number of benzene rings is 3. The molecule has 0 radical (unpaired) electrons. The molecule has 9 heteroatoms. The molecule has 0 saturated carbocycles. The summed E-state index contributed by atoms with van der Waals surface area (Å²) in [5, 5.41) is 12.2. The number of rotatable bonds is 8. The normalized spacial score (nSPS) is 12.9. The number of imidazole rings is 1. The molecule has 39 heavy (non-hydrogen) atoms. The van der Waals surface area contributed by atoms with Gasteiger partial charge >= 0.3 is 5.97 Å². The van der Waals surface area contributed by atoms with Gasteiger partial charge in [0.15, 0.2) is 11.6 Å². The molecular weight excluding hydrogens is 504 g/mol. The van der Waals surface area contributed by atoms with E-state index in [1.165, 1.54) is 37.6 Å². The second kappa shape index (κ2) is 10.3. The van der Waals surface area contributed by atoms with E-state index in [0.29, 0.717) is 28.8 Å². The highest BCUT2D eigenvalue weighted by Gasteiger charge is 2.29. The van der Waals surface area contributed by atoms with E-state index < -0.39 is 17.2 Å². The molecule has 0 amide bonds. The number of carbonyl (C=O) groups excluding carboxylic acids is 1. The maximum Gasteiger partial charge on any atom is 0.305 e. The van der Waals surface area contributed by atoms with Crippen molar-refractivity contribution in [2.45, 2.75) is 32.3 Å². The smallest absolute Gasteiger partial charge is 0.305 e. The van der Waals surface area contributed by atoms with Crippen molar-refractivity contribution in [2.24, 2.45) is 0 Å². The van der Waals surface area contributed by atoms with Crippen molar-refractivity contribution in [1.29, 1.82) is 0 Å². The molecule has 5 aromatic rings. The van der Waals surface area contributed by atoms with Gasteiger partial charge in [-0.2, -0.15) is 0 Å². The van der Waals surface area contributed by atoms with Gasteiger partial charge in [0, 0.05) is 35.2 Å². The Morgan fingerprint density at radius 2 is 1.92 bits per heavy atom. The monoisotopic (exact) mass is 531 g/mol. The number of aromatic amines is 2.